The van der Waals surface area contributed by atoms with E-state index in [0.29, 0.717) is 34.3 Å². The average Bonchev–Trinajstić information content (AvgIpc) is 3.08. The van der Waals surface area contributed by atoms with Crippen LogP contribution < -0.4 is 9.64 Å². The van der Waals surface area contributed by atoms with Crippen molar-refractivity contribution in [1.29, 1.82) is 0 Å². The second-order valence-electron chi connectivity index (χ2n) is 7.41. The Hall–Kier alpha value is -3.83. The predicted molar refractivity (Wildman–Crippen MR) is 129 cm³/mol. The van der Waals surface area contributed by atoms with E-state index in [4.69, 9.17) is 21.1 Å². The van der Waals surface area contributed by atoms with E-state index in [-0.39, 0.29) is 17.1 Å². The molecule has 1 heterocycles. The SMILES string of the molecule is COC(=O)C1=C(C)N(c2ccccc2Cl)C(=O)/C1=C\c1ccccc1OCc1ccccc1. The molecule has 6 heteroatoms. The molecular formula is C27H22ClNO4. The number of hydrogen-bond donors (Lipinski definition) is 0. The number of amides is 1. The molecule has 0 fully saturated rings. The Morgan fingerprint density at radius 2 is 1.64 bits per heavy atom. The van der Waals surface area contributed by atoms with Gasteiger partial charge in [-0.15, -0.1) is 0 Å². The lowest BCUT2D eigenvalue weighted by Crippen LogP contribution is -2.24. The van der Waals surface area contributed by atoms with Crippen LogP contribution in [0.1, 0.15) is 18.1 Å². The van der Waals surface area contributed by atoms with E-state index in [1.165, 1.54) is 12.0 Å². The third-order valence-corrected chi connectivity index (χ3v) is 5.66. The van der Waals surface area contributed by atoms with E-state index < -0.39 is 5.97 Å². The van der Waals surface area contributed by atoms with Crippen molar-refractivity contribution in [3.05, 3.63) is 112 Å². The number of carbonyl (C=O) groups is 2. The standard InChI is InChI=1S/C27H22ClNO4/c1-18-25(27(31)32-2)21(26(30)29(18)23-14-8-7-13-22(23)28)16-20-12-6-9-15-24(20)33-17-19-10-4-3-5-11-19/h3-16H,17H2,1-2H3/b21-16-. The van der Waals surface area contributed by atoms with Gasteiger partial charge < -0.3 is 9.47 Å². The Balaban J connectivity index is 1.75. The zero-order valence-electron chi connectivity index (χ0n) is 18.2. The van der Waals surface area contributed by atoms with Crippen LogP contribution in [0.15, 0.2) is 95.7 Å². The van der Waals surface area contributed by atoms with Crippen molar-refractivity contribution in [2.75, 3.05) is 12.0 Å². The van der Waals surface area contributed by atoms with Gasteiger partial charge in [0, 0.05) is 11.3 Å². The molecule has 5 nitrogen and oxygen atoms in total. The molecule has 1 amide bonds. The van der Waals surface area contributed by atoms with Gasteiger partial charge in [-0.25, -0.2) is 4.79 Å². The van der Waals surface area contributed by atoms with Gasteiger partial charge in [-0.2, -0.15) is 0 Å². The fraction of sp³-hybridized carbons (Fsp3) is 0.111. The normalized spacial score (nSPS) is 14.7. The average molecular weight is 460 g/mol. The van der Waals surface area contributed by atoms with Crippen molar-refractivity contribution >= 4 is 35.2 Å². The molecule has 0 radical (unpaired) electrons. The van der Waals surface area contributed by atoms with Gasteiger partial charge in [-0.3, -0.25) is 9.69 Å². The van der Waals surface area contributed by atoms with Crippen molar-refractivity contribution < 1.29 is 19.1 Å². The number of rotatable bonds is 6. The summed E-state index contributed by atoms with van der Waals surface area (Å²) in [6, 6.07) is 24.2. The number of nitrogens with zero attached hydrogens (tertiary/aromatic N) is 1. The molecule has 0 saturated carbocycles. The number of allylic oxidation sites excluding steroid dienone is 1. The first-order chi connectivity index (χ1) is 16.0. The van der Waals surface area contributed by atoms with Gasteiger partial charge in [0.15, 0.2) is 0 Å². The van der Waals surface area contributed by atoms with Crippen molar-refractivity contribution in [3.63, 3.8) is 0 Å². The molecule has 1 aliphatic rings. The molecule has 0 spiro atoms. The minimum Gasteiger partial charge on any atom is -0.488 e. The molecule has 0 aromatic heterocycles. The number of benzene rings is 3. The largest absolute Gasteiger partial charge is 0.488 e. The lowest BCUT2D eigenvalue weighted by Gasteiger charge is -2.19. The van der Waals surface area contributed by atoms with Crippen LogP contribution in [-0.4, -0.2) is 19.0 Å². The maximum absolute atomic E-state index is 13.5. The van der Waals surface area contributed by atoms with E-state index >= 15 is 0 Å². The number of hydrogen-bond acceptors (Lipinski definition) is 4. The van der Waals surface area contributed by atoms with Crippen LogP contribution in [0, 0.1) is 0 Å². The van der Waals surface area contributed by atoms with E-state index in [0.717, 1.165) is 5.56 Å². The second-order valence-corrected chi connectivity index (χ2v) is 7.82. The molecule has 3 aromatic rings. The molecule has 33 heavy (non-hydrogen) atoms. The number of ether oxygens (including phenoxy) is 2. The smallest absolute Gasteiger partial charge is 0.340 e. The number of methoxy groups -OCH3 is 1. The molecule has 4 rings (SSSR count). The number of carbonyl (C=O) groups excluding carboxylic acids is 2. The summed E-state index contributed by atoms with van der Waals surface area (Å²) in [6.07, 6.45) is 1.66. The lowest BCUT2D eigenvalue weighted by atomic mass is 10.0. The van der Waals surface area contributed by atoms with Crippen LogP contribution in [0.2, 0.25) is 5.02 Å². The highest BCUT2D eigenvalue weighted by atomic mass is 35.5. The van der Waals surface area contributed by atoms with Crippen LogP contribution in [0.5, 0.6) is 5.75 Å². The first kappa shape index (κ1) is 22.4. The Kier molecular flexibility index (Phi) is 6.61. The van der Waals surface area contributed by atoms with E-state index in [1.54, 1.807) is 37.3 Å². The number of halogens is 1. The van der Waals surface area contributed by atoms with Crippen LogP contribution in [0.4, 0.5) is 5.69 Å². The topological polar surface area (TPSA) is 55.8 Å². The molecule has 0 atom stereocenters. The molecule has 0 unspecified atom stereocenters. The highest BCUT2D eigenvalue weighted by molar-refractivity contribution is 6.35. The first-order valence-corrected chi connectivity index (χ1v) is 10.7. The van der Waals surface area contributed by atoms with Gasteiger partial charge in [0.2, 0.25) is 0 Å². The third kappa shape index (κ3) is 4.54. The third-order valence-electron chi connectivity index (χ3n) is 5.34. The Morgan fingerprint density at radius 3 is 2.36 bits per heavy atom. The maximum atomic E-state index is 13.5. The first-order valence-electron chi connectivity index (χ1n) is 10.4. The summed E-state index contributed by atoms with van der Waals surface area (Å²) in [5, 5.41) is 0.405. The van der Waals surface area contributed by atoms with Gasteiger partial charge in [0.25, 0.3) is 5.91 Å². The number of anilines is 1. The van der Waals surface area contributed by atoms with Crippen molar-refractivity contribution in [1.82, 2.24) is 0 Å². The highest BCUT2D eigenvalue weighted by Crippen LogP contribution is 2.39. The summed E-state index contributed by atoms with van der Waals surface area (Å²) in [5.41, 5.74) is 3.06. The van der Waals surface area contributed by atoms with Gasteiger partial charge >= 0.3 is 5.97 Å². The van der Waals surface area contributed by atoms with Crippen LogP contribution >= 0.6 is 11.6 Å². The van der Waals surface area contributed by atoms with Gasteiger partial charge in [-0.1, -0.05) is 72.3 Å². The van der Waals surface area contributed by atoms with Gasteiger partial charge in [-0.05, 0) is 36.8 Å². The zero-order valence-corrected chi connectivity index (χ0v) is 19.0. The molecule has 0 bridgehead atoms. The monoisotopic (exact) mass is 459 g/mol. The summed E-state index contributed by atoms with van der Waals surface area (Å²) in [7, 11) is 1.29. The Labute approximate surface area is 197 Å². The molecule has 3 aromatic carbocycles. The number of para-hydroxylation sites is 2. The second kappa shape index (κ2) is 9.76. The molecule has 166 valence electrons. The fourth-order valence-electron chi connectivity index (χ4n) is 3.73. The summed E-state index contributed by atoms with van der Waals surface area (Å²) in [5.74, 6) is -0.358. The van der Waals surface area contributed by atoms with Crippen molar-refractivity contribution in [3.8, 4) is 5.75 Å². The minimum atomic E-state index is -0.593. The van der Waals surface area contributed by atoms with E-state index in [9.17, 15) is 9.59 Å². The summed E-state index contributed by atoms with van der Waals surface area (Å²) in [6.45, 7) is 2.07. The minimum absolute atomic E-state index is 0.195. The van der Waals surface area contributed by atoms with Crippen LogP contribution in [-0.2, 0) is 20.9 Å². The Morgan fingerprint density at radius 1 is 0.970 bits per heavy atom. The quantitative estimate of drug-likeness (QED) is 0.345. The lowest BCUT2D eigenvalue weighted by molar-refractivity contribution is -0.136. The molecular weight excluding hydrogens is 438 g/mol. The van der Waals surface area contributed by atoms with Gasteiger partial charge in [0.1, 0.15) is 12.4 Å². The van der Waals surface area contributed by atoms with Gasteiger partial charge in [0.05, 0.1) is 29.0 Å². The molecule has 0 saturated heterocycles. The van der Waals surface area contributed by atoms with Crippen LogP contribution in [0.3, 0.4) is 0 Å². The number of esters is 1. The summed E-state index contributed by atoms with van der Waals surface area (Å²) < 4.78 is 11.0. The molecule has 1 aliphatic heterocycles. The molecule has 0 aliphatic carbocycles. The zero-order chi connectivity index (χ0) is 23.4. The summed E-state index contributed by atoms with van der Waals surface area (Å²) in [4.78, 5) is 27.6. The van der Waals surface area contributed by atoms with Crippen molar-refractivity contribution in [2.24, 2.45) is 0 Å². The Bertz CT molecular complexity index is 1260. The van der Waals surface area contributed by atoms with E-state index in [2.05, 4.69) is 0 Å². The van der Waals surface area contributed by atoms with Crippen molar-refractivity contribution in [2.45, 2.75) is 13.5 Å². The maximum Gasteiger partial charge on any atom is 0.340 e. The fourth-order valence-corrected chi connectivity index (χ4v) is 3.95. The highest BCUT2D eigenvalue weighted by Gasteiger charge is 2.38. The summed E-state index contributed by atoms with van der Waals surface area (Å²) >= 11 is 6.36. The van der Waals surface area contributed by atoms with E-state index in [1.807, 2.05) is 54.6 Å². The molecule has 0 N–H and O–H groups in total. The predicted octanol–water partition coefficient (Wildman–Crippen LogP) is 5.80. The van der Waals surface area contributed by atoms with Crippen LogP contribution in [0.25, 0.3) is 6.08 Å².